The topological polar surface area (TPSA) is 43.1 Å². The van der Waals surface area contributed by atoms with E-state index in [-0.39, 0.29) is 11.2 Å². The standard InChI is InChI=1S/C9H10BrNOS/c1-6(9(11)12)13-8-5-3-2-4-7(8)10/h2-6H,1H3,(H2,11,12). The lowest BCUT2D eigenvalue weighted by Crippen LogP contribution is -2.22. The first-order valence-electron chi connectivity index (χ1n) is 3.81. The average Bonchev–Trinajstić information content (AvgIpc) is 2.08. The van der Waals surface area contributed by atoms with Gasteiger partial charge in [-0.3, -0.25) is 4.79 Å². The normalized spacial score (nSPS) is 12.5. The first kappa shape index (κ1) is 10.6. The van der Waals surface area contributed by atoms with Gasteiger partial charge in [-0.15, -0.1) is 11.8 Å². The third-order valence-electron chi connectivity index (χ3n) is 1.54. The summed E-state index contributed by atoms with van der Waals surface area (Å²) in [6, 6.07) is 7.76. The molecule has 70 valence electrons. The van der Waals surface area contributed by atoms with Gasteiger partial charge in [-0.2, -0.15) is 0 Å². The van der Waals surface area contributed by atoms with E-state index in [1.807, 2.05) is 24.3 Å². The minimum atomic E-state index is -0.291. The molecule has 0 spiro atoms. The number of hydrogen-bond acceptors (Lipinski definition) is 2. The number of hydrogen-bond donors (Lipinski definition) is 1. The minimum absolute atomic E-state index is 0.196. The van der Waals surface area contributed by atoms with Crippen LogP contribution in [0.5, 0.6) is 0 Å². The van der Waals surface area contributed by atoms with Crippen LogP contribution in [-0.4, -0.2) is 11.2 Å². The van der Waals surface area contributed by atoms with Crippen LogP contribution in [0.2, 0.25) is 0 Å². The fraction of sp³-hybridized carbons (Fsp3) is 0.222. The molecule has 2 nitrogen and oxygen atoms in total. The second-order valence-corrected chi connectivity index (χ2v) is 4.83. The molecule has 0 aliphatic rings. The van der Waals surface area contributed by atoms with Crippen LogP contribution in [-0.2, 0) is 4.79 Å². The number of nitrogens with two attached hydrogens (primary N) is 1. The van der Waals surface area contributed by atoms with E-state index < -0.39 is 0 Å². The van der Waals surface area contributed by atoms with E-state index in [0.717, 1.165) is 9.37 Å². The van der Waals surface area contributed by atoms with Gasteiger partial charge in [0.05, 0.1) is 5.25 Å². The van der Waals surface area contributed by atoms with Gasteiger partial charge in [-0.1, -0.05) is 12.1 Å². The molecule has 1 rings (SSSR count). The summed E-state index contributed by atoms with van der Waals surface area (Å²) in [7, 11) is 0. The Morgan fingerprint density at radius 2 is 2.15 bits per heavy atom. The summed E-state index contributed by atoms with van der Waals surface area (Å²) in [6.45, 7) is 1.80. The lowest BCUT2D eigenvalue weighted by Gasteiger charge is -2.07. The molecule has 0 aliphatic carbocycles. The maximum absolute atomic E-state index is 10.8. The Morgan fingerprint density at radius 3 is 2.69 bits per heavy atom. The van der Waals surface area contributed by atoms with Crippen molar-refractivity contribution >= 4 is 33.6 Å². The fourth-order valence-corrected chi connectivity index (χ4v) is 2.19. The van der Waals surface area contributed by atoms with E-state index in [4.69, 9.17) is 5.73 Å². The number of benzene rings is 1. The van der Waals surface area contributed by atoms with Gasteiger partial charge in [-0.05, 0) is 35.0 Å². The predicted octanol–water partition coefficient (Wildman–Crippen LogP) is 2.42. The summed E-state index contributed by atoms with van der Waals surface area (Å²) < 4.78 is 0.994. The molecule has 13 heavy (non-hydrogen) atoms. The third kappa shape index (κ3) is 3.04. The first-order valence-corrected chi connectivity index (χ1v) is 5.49. The van der Waals surface area contributed by atoms with Crippen molar-refractivity contribution in [2.75, 3.05) is 0 Å². The molecule has 0 heterocycles. The van der Waals surface area contributed by atoms with Gasteiger partial charge < -0.3 is 5.73 Å². The van der Waals surface area contributed by atoms with Gasteiger partial charge in [0.2, 0.25) is 5.91 Å². The van der Waals surface area contributed by atoms with Crippen molar-refractivity contribution in [1.29, 1.82) is 0 Å². The molecule has 0 saturated carbocycles. The Bertz CT molecular complexity index is 316. The SMILES string of the molecule is CC(Sc1ccccc1Br)C(N)=O. The number of carbonyl (C=O) groups excluding carboxylic acids is 1. The van der Waals surface area contributed by atoms with E-state index in [2.05, 4.69) is 15.9 Å². The number of primary amides is 1. The van der Waals surface area contributed by atoms with Gasteiger partial charge in [0.1, 0.15) is 0 Å². The second kappa shape index (κ2) is 4.67. The van der Waals surface area contributed by atoms with Crippen LogP contribution in [0, 0.1) is 0 Å². The van der Waals surface area contributed by atoms with Crippen molar-refractivity contribution in [1.82, 2.24) is 0 Å². The molecule has 0 saturated heterocycles. The maximum atomic E-state index is 10.8. The van der Waals surface area contributed by atoms with Crippen LogP contribution < -0.4 is 5.73 Å². The smallest absolute Gasteiger partial charge is 0.230 e. The van der Waals surface area contributed by atoms with E-state index in [1.165, 1.54) is 11.8 Å². The molecule has 1 aromatic rings. The van der Waals surface area contributed by atoms with Crippen LogP contribution in [0.15, 0.2) is 33.6 Å². The zero-order chi connectivity index (χ0) is 9.84. The zero-order valence-electron chi connectivity index (χ0n) is 7.16. The zero-order valence-corrected chi connectivity index (χ0v) is 9.56. The number of amides is 1. The molecule has 1 aromatic carbocycles. The average molecular weight is 260 g/mol. The first-order chi connectivity index (χ1) is 6.11. The molecule has 2 N–H and O–H groups in total. The number of rotatable bonds is 3. The minimum Gasteiger partial charge on any atom is -0.369 e. The van der Waals surface area contributed by atoms with E-state index in [1.54, 1.807) is 6.92 Å². The van der Waals surface area contributed by atoms with Gasteiger partial charge >= 0.3 is 0 Å². The Hall–Kier alpha value is -0.480. The van der Waals surface area contributed by atoms with E-state index in [0.29, 0.717) is 0 Å². The summed E-state index contributed by atoms with van der Waals surface area (Å²) in [5.41, 5.74) is 5.16. The third-order valence-corrected chi connectivity index (χ3v) is 3.69. The summed E-state index contributed by atoms with van der Waals surface area (Å²) in [4.78, 5) is 11.8. The molecule has 0 radical (unpaired) electrons. The summed E-state index contributed by atoms with van der Waals surface area (Å²) in [5, 5.41) is -0.196. The van der Waals surface area contributed by atoms with Gasteiger partial charge in [0, 0.05) is 9.37 Å². The highest BCUT2D eigenvalue weighted by Crippen LogP contribution is 2.29. The predicted molar refractivity (Wildman–Crippen MR) is 58.7 cm³/mol. The summed E-state index contributed by atoms with van der Waals surface area (Å²) in [5.74, 6) is -0.291. The fourth-order valence-electron chi connectivity index (χ4n) is 0.789. The van der Waals surface area contributed by atoms with Crippen molar-refractivity contribution in [3.05, 3.63) is 28.7 Å². The quantitative estimate of drug-likeness (QED) is 0.848. The molecule has 0 aliphatic heterocycles. The Kier molecular flexibility index (Phi) is 3.81. The van der Waals surface area contributed by atoms with Crippen LogP contribution in [0.25, 0.3) is 0 Å². The largest absolute Gasteiger partial charge is 0.369 e. The highest BCUT2D eigenvalue weighted by molar-refractivity contribution is 9.10. The highest BCUT2D eigenvalue weighted by Gasteiger charge is 2.11. The van der Waals surface area contributed by atoms with Crippen LogP contribution in [0.3, 0.4) is 0 Å². The number of carbonyl (C=O) groups is 1. The van der Waals surface area contributed by atoms with Crippen molar-refractivity contribution in [2.45, 2.75) is 17.1 Å². The molecule has 0 bridgehead atoms. The van der Waals surface area contributed by atoms with E-state index >= 15 is 0 Å². The highest BCUT2D eigenvalue weighted by atomic mass is 79.9. The van der Waals surface area contributed by atoms with Crippen LogP contribution in [0.4, 0.5) is 0 Å². The number of halogens is 1. The molecule has 0 fully saturated rings. The Balaban J connectivity index is 2.74. The van der Waals surface area contributed by atoms with Gasteiger partial charge in [-0.25, -0.2) is 0 Å². The lowest BCUT2D eigenvalue weighted by atomic mass is 10.4. The Morgan fingerprint density at radius 1 is 1.54 bits per heavy atom. The van der Waals surface area contributed by atoms with Gasteiger partial charge in [0.15, 0.2) is 0 Å². The second-order valence-electron chi connectivity index (χ2n) is 2.59. The van der Waals surface area contributed by atoms with E-state index in [9.17, 15) is 4.79 Å². The Labute approximate surface area is 90.0 Å². The summed E-state index contributed by atoms with van der Waals surface area (Å²) in [6.07, 6.45) is 0. The molecule has 1 atom stereocenters. The van der Waals surface area contributed by atoms with Crippen molar-refractivity contribution in [2.24, 2.45) is 5.73 Å². The monoisotopic (exact) mass is 259 g/mol. The van der Waals surface area contributed by atoms with Crippen LogP contribution in [0.1, 0.15) is 6.92 Å². The van der Waals surface area contributed by atoms with Gasteiger partial charge in [0.25, 0.3) is 0 Å². The van der Waals surface area contributed by atoms with Crippen molar-refractivity contribution < 1.29 is 4.79 Å². The summed E-state index contributed by atoms with van der Waals surface area (Å²) >= 11 is 4.86. The number of thioether (sulfide) groups is 1. The maximum Gasteiger partial charge on any atom is 0.230 e. The van der Waals surface area contributed by atoms with Crippen molar-refractivity contribution in [3.63, 3.8) is 0 Å². The molecule has 4 heteroatoms. The molecule has 1 unspecified atom stereocenters. The lowest BCUT2D eigenvalue weighted by molar-refractivity contribution is -0.117. The van der Waals surface area contributed by atoms with Crippen molar-refractivity contribution in [3.8, 4) is 0 Å². The molecular weight excluding hydrogens is 250 g/mol. The van der Waals surface area contributed by atoms with Crippen LogP contribution >= 0.6 is 27.7 Å². The molecular formula is C9H10BrNOS. The molecule has 1 amide bonds. The molecule has 0 aromatic heterocycles.